The minimum absolute atomic E-state index is 0.0584. The number of carboxylic acids is 1. The van der Waals surface area contributed by atoms with Gasteiger partial charge >= 0.3 is 5.97 Å². The van der Waals surface area contributed by atoms with Crippen LogP contribution in [0.1, 0.15) is 52.9 Å². The van der Waals surface area contributed by atoms with Crippen LogP contribution in [0.5, 0.6) is 0 Å². The number of aromatic carboxylic acids is 1. The summed E-state index contributed by atoms with van der Waals surface area (Å²) in [5.74, 6) is -1.24. The molecule has 0 aliphatic carbocycles. The van der Waals surface area contributed by atoms with Gasteiger partial charge in [0.25, 0.3) is 0 Å². The van der Waals surface area contributed by atoms with E-state index in [-0.39, 0.29) is 35.2 Å². The van der Waals surface area contributed by atoms with Gasteiger partial charge in [-0.15, -0.1) is 0 Å². The highest BCUT2D eigenvalue weighted by molar-refractivity contribution is 6.33. The maximum absolute atomic E-state index is 14.0. The zero-order valence-corrected chi connectivity index (χ0v) is 21.9. The number of hydrogen-bond acceptors (Lipinski definition) is 4. The number of aliphatic hydroxyl groups excluding tert-OH is 1. The molecule has 1 saturated heterocycles. The molecule has 5 nitrogen and oxygen atoms in total. The van der Waals surface area contributed by atoms with Crippen molar-refractivity contribution >= 4 is 17.6 Å². The Morgan fingerprint density at radius 2 is 1.97 bits per heavy atom. The van der Waals surface area contributed by atoms with Gasteiger partial charge in [-0.3, -0.25) is 4.90 Å². The molecule has 3 aromatic carbocycles. The Balaban J connectivity index is 1.36. The monoisotopic (exact) mass is 525 g/mol. The minimum atomic E-state index is -1.07. The van der Waals surface area contributed by atoms with Crippen molar-refractivity contribution in [3.8, 4) is 11.1 Å². The second-order valence-corrected chi connectivity index (χ2v) is 10.2. The second-order valence-electron chi connectivity index (χ2n) is 9.80. The molecule has 4 rings (SSSR count). The number of benzene rings is 3. The van der Waals surface area contributed by atoms with Gasteiger partial charge in [-0.2, -0.15) is 0 Å². The lowest BCUT2D eigenvalue weighted by Gasteiger charge is -2.28. The van der Waals surface area contributed by atoms with E-state index >= 15 is 0 Å². The highest BCUT2D eigenvalue weighted by atomic mass is 35.5. The summed E-state index contributed by atoms with van der Waals surface area (Å²) in [5.41, 5.74) is 4.31. The number of carboxylic acid groups (broad SMARTS) is 1. The topological polar surface area (TPSA) is 70.0 Å². The number of aryl methyl sites for hydroxylation is 1. The number of nitrogens with zero attached hydrogens (tertiary/aromatic N) is 1. The van der Waals surface area contributed by atoms with Crippen LogP contribution in [0.15, 0.2) is 60.7 Å². The predicted molar refractivity (Wildman–Crippen MR) is 144 cm³/mol. The van der Waals surface area contributed by atoms with Crippen molar-refractivity contribution in [3.05, 3.63) is 93.8 Å². The van der Waals surface area contributed by atoms with Crippen LogP contribution in [-0.4, -0.2) is 52.9 Å². The molecular weight excluding hydrogens is 493 g/mol. The van der Waals surface area contributed by atoms with Crippen LogP contribution < -0.4 is 0 Å². The van der Waals surface area contributed by atoms with Crippen molar-refractivity contribution in [1.29, 1.82) is 0 Å². The summed E-state index contributed by atoms with van der Waals surface area (Å²) in [7, 11) is 0. The summed E-state index contributed by atoms with van der Waals surface area (Å²) in [6.45, 7) is 5.28. The Kier molecular flexibility index (Phi) is 8.98. The lowest BCUT2D eigenvalue weighted by Crippen LogP contribution is -2.39. The van der Waals surface area contributed by atoms with Gasteiger partial charge < -0.3 is 14.9 Å². The van der Waals surface area contributed by atoms with Gasteiger partial charge in [0.15, 0.2) is 0 Å². The molecular formula is C30H33ClFNO4. The summed E-state index contributed by atoms with van der Waals surface area (Å²) >= 11 is 6.20. The number of likely N-dealkylation sites (tertiary alicyclic amines) is 1. The van der Waals surface area contributed by atoms with Crippen LogP contribution in [0.25, 0.3) is 11.1 Å². The SMILES string of the molecule is Cc1ccc(C[C@@H]2CCCN2C[C@@H](O)CO[C@H](C)c2ccccc2-c2ccc(C(=O)O)c(Cl)c2)cc1F. The van der Waals surface area contributed by atoms with Crippen LogP contribution in [0.2, 0.25) is 5.02 Å². The Hall–Kier alpha value is -2.77. The van der Waals surface area contributed by atoms with Crippen LogP contribution in [-0.2, 0) is 11.2 Å². The Morgan fingerprint density at radius 3 is 2.70 bits per heavy atom. The van der Waals surface area contributed by atoms with E-state index in [1.54, 1.807) is 25.1 Å². The summed E-state index contributed by atoms with van der Waals surface area (Å²) < 4.78 is 20.1. The molecule has 196 valence electrons. The van der Waals surface area contributed by atoms with Crippen LogP contribution in [0.4, 0.5) is 4.39 Å². The molecule has 0 saturated carbocycles. The lowest BCUT2D eigenvalue weighted by molar-refractivity contribution is -0.0169. The Labute approximate surface area is 222 Å². The van der Waals surface area contributed by atoms with E-state index in [1.807, 2.05) is 43.3 Å². The van der Waals surface area contributed by atoms with Gasteiger partial charge in [-0.1, -0.05) is 54.1 Å². The zero-order valence-electron chi connectivity index (χ0n) is 21.2. The predicted octanol–water partition coefficient (Wildman–Crippen LogP) is 6.30. The molecule has 2 N–H and O–H groups in total. The molecule has 0 radical (unpaired) electrons. The molecule has 0 bridgehead atoms. The second kappa shape index (κ2) is 12.2. The third kappa shape index (κ3) is 6.76. The fourth-order valence-electron chi connectivity index (χ4n) is 5.04. The van der Waals surface area contributed by atoms with Gasteiger partial charge in [0, 0.05) is 12.6 Å². The van der Waals surface area contributed by atoms with Crippen molar-refractivity contribution in [2.75, 3.05) is 19.7 Å². The Bertz CT molecular complexity index is 1250. The zero-order chi connectivity index (χ0) is 26.5. The van der Waals surface area contributed by atoms with Gasteiger partial charge in [0.2, 0.25) is 0 Å². The number of rotatable bonds is 10. The first-order valence-corrected chi connectivity index (χ1v) is 13.0. The van der Waals surface area contributed by atoms with Crippen molar-refractivity contribution in [2.45, 2.75) is 51.4 Å². The molecule has 0 amide bonds. The molecule has 0 aromatic heterocycles. The maximum atomic E-state index is 14.0. The van der Waals surface area contributed by atoms with Crippen molar-refractivity contribution < 1.29 is 24.1 Å². The van der Waals surface area contributed by atoms with Crippen LogP contribution >= 0.6 is 11.6 Å². The molecule has 7 heteroatoms. The maximum Gasteiger partial charge on any atom is 0.337 e. The molecule has 0 unspecified atom stereocenters. The standard InChI is InChI=1S/C30H33ClFNO4/c1-19-9-10-21(15-29(19)32)14-23-6-5-13-33(23)17-24(34)18-37-20(2)25-7-3-4-8-26(25)22-11-12-27(30(35)36)28(31)16-22/h3-4,7-12,15-16,20,23-24,34H,5-6,13-14,17-18H2,1-2H3,(H,35,36)/t20-,23+,24-/m1/s1. The number of carbonyl (C=O) groups is 1. The summed E-state index contributed by atoms with van der Waals surface area (Å²) in [6, 6.07) is 18.3. The number of β-amino-alcohol motifs (C(OH)–C–C–N with tert-alkyl or cyclic N) is 1. The number of hydrogen-bond donors (Lipinski definition) is 2. The molecule has 1 heterocycles. The third-order valence-electron chi connectivity index (χ3n) is 7.10. The lowest BCUT2D eigenvalue weighted by atomic mass is 9.96. The Morgan fingerprint density at radius 1 is 1.19 bits per heavy atom. The highest BCUT2D eigenvalue weighted by Gasteiger charge is 2.27. The van der Waals surface area contributed by atoms with E-state index in [9.17, 15) is 19.4 Å². The first kappa shape index (κ1) is 27.3. The first-order valence-electron chi connectivity index (χ1n) is 12.6. The number of aliphatic hydroxyl groups is 1. The fourth-order valence-corrected chi connectivity index (χ4v) is 5.30. The largest absolute Gasteiger partial charge is 0.478 e. The molecule has 3 atom stereocenters. The van der Waals surface area contributed by atoms with E-state index in [2.05, 4.69) is 4.90 Å². The number of ether oxygens (including phenoxy) is 1. The van der Waals surface area contributed by atoms with E-state index in [0.29, 0.717) is 12.1 Å². The average molecular weight is 526 g/mol. The van der Waals surface area contributed by atoms with Gasteiger partial charge in [0.05, 0.1) is 29.4 Å². The molecule has 1 aliphatic heterocycles. The minimum Gasteiger partial charge on any atom is -0.478 e. The van der Waals surface area contributed by atoms with E-state index in [1.165, 1.54) is 6.07 Å². The highest BCUT2D eigenvalue weighted by Crippen LogP contribution is 2.32. The third-order valence-corrected chi connectivity index (χ3v) is 7.41. The van der Waals surface area contributed by atoms with Crippen molar-refractivity contribution in [1.82, 2.24) is 4.90 Å². The van der Waals surface area contributed by atoms with E-state index < -0.39 is 12.1 Å². The summed E-state index contributed by atoms with van der Waals surface area (Å²) in [6.07, 6.45) is 1.89. The first-order chi connectivity index (χ1) is 17.7. The molecule has 0 spiro atoms. The van der Waals surface area contributed by atoms with Gasteiger partial charge in [0.1, 0.15) is 5.82 Å². The number of halogens is 2. The van der Waals surface area contributed by atoms with Crippen LogP contribution in [0, 0.1) is 12.7 Å². The molecule has 37 heavy (non-hydrogen) atoms. The molecule has 1 fully saturated rings. The fraction of sp³-hybridized carbons (Fsp3) is 0.367. The van der Waals surface area contributed by atoms with E-state index in [4.69, 9.17) is 16.3 Å². The quantitative estimate of drug-likeness (QED) is 0.325. The van der Waals surface area contributed by atoms with E-state index in [0.717, 1.165) is 48.1 Å². The summed E-state index contributed by atoms with van der Waals surface area (Å²) in [5, 5.41) is 20.2. The average Bonchev–Trinajstić information content (AvgIpc) is 3.30. The van der Waals surface area contributed by atoms with Crippen molar-refractivity contribution in [3.63, 3.8) is 0 Å². The van der Waals surface area contributed by atoms with Gasteiger partial charge in [-0.25, -0.2) is 9.18 Å². The van der Waals surface area contributed by atoms with Gasteiger partial charge in [-0.05, 0) is 85.7 Å². The van der Waals surface area contributed by atoms with Crippen molar-refractivity contribution in [2.24, 2.45) is 0 Å². The molecule has 1 aliphatic rings. The smallest absolute Gasteiger partial charge is 0.337 e. The summed E-state index contributed by atoms with van der Waals surface area (Å²) in [4.78, 5) is 13.6. The normalized spacial score (nSPS) is 17.6. The molecule has 3 aromatic rings. The van der Waals surface area contributed by atoms with Crippen LogP contribution in [0.3, 0.4) is 0 Å².